The van der Waals surface area contributed by atoms with Gasteiger partial charge in [-0.05, 0) is 43.7 Å². The Morgan fingerprint density at radius 2 is 2.05 bits per heavy atom. The topological polar surface area (TPSA) is 72.2 Å². The number of primary amides is 1. The first-order valence-corrected chi connectivity index (χ1v) is 8.12. The highest BCUT2D eigenvalue weighted by molar-refractivity contribution is 8.00. The third kappa shape index (κ3) is 4.49. The molecular formula is C16H22N2O2S. The number of amides is 2. The average molecular weight is 306 g/mol. The highest BCUT2D eigenvalue weighted by Gasteiger charge is 2.36. The Kier molecular flexibility index (Phi) is 4.93. The van der Waals surface area contributed by atoms with Crippen LogP contribution in [0.4, 0.5) is 0 Å². The fourth-order valence-corrected chi connectivity index (χ4v) is 2.98. The number of nitrogens with one attached hydrogen (secondary N) is 1. The first kappa shape index (κ1) is 15.9. The number of carbonyl (C=O) groups excluding carboxylic acids is 2. The molecule has 1 saturated carbocycles. The van der Waals surface area contributed by atoms with Crippen LogP contribution in [-0.2, 0) is 4.79 Å². The molecule has 114 valence electrons. The van der Waals surface area contributed by atoms with Gasteiger partial charge in [-0.1, -0.05) is 19.1 Å². The van der Waals surface area contributed by atoms with Crippen LogP contribution in [0.25, 0.3) is 0 Å². The lowest BCUT2D eigenvalue weighted by Crippen LogP contribution is -2.27. The van der Waals surface area contributed by atoms with Crippen molar-refractivity contribution in [3.63, 3.8) is 0 Å². The minimum Gasteiger partial charge on any atom is -0.369 e. The Bertz CT molecular complexity index is 541. The number of carbonyl (C=O) groups is 2. The molecule has 1 aromatic carbocycles. The van der Waals surface area contributed by atoms with E-state index in [2.05, 4.69) is 12.2 Å². The van der Waals surface area contributed by atoms with E-state index in [0.717, 1.165) is 11.3 Å². The Morgan fingerprint density at radius 3 is 2.67 bits per heavy atom. The Balaban J connectivity index is 1.97. The Labute approximate surface area is 129 Å². The van der Waals surface area contributed by atoms with E-state index < -0.39 is 0 Å². The van der Waals surface area contributed by atoms with E-state index in [1.807, 2.05) is 18.2 Å². The third-order valence-electron chi connectivity index (χ3n) is 3.95. The van der Waals surface area contributed by atoms with Gasteiger partial charge in [-0.25, -0.2) is 0 Å². The summed E-state index contributed by atoms with van der Waals surface area (Å²) in [5, 5.41) is 2.61. The Hall–Kier alpha value is -1.49. The quantitative estimate of drug-likeness (QED) is 0.761. The van der Waals surface area contributed by atoms with Crippen molar-refractivity contribution < 1.29 is 9.59 Å². The molecule has 1 fully saturated rings. The molecule has 0 bridgehead atoms. The second-order valence-electron chi connectivity index (χ2n) is 5.98. The second-order valence-corrected chi connectivity index (χ2v) is 7.36. The van der Waals surface area contributed by atoms with Crippen molar-refractivity contribution in [3.8, 4) is 0 Å². The fraction of sp³-hybridized carbons (Fsp3) is 0.500. The van der Waals surface area contributed by atoms with E-state index in [-0.39, 0.29) is 17.1 Å². The van der Waals surface area contributed by atoms with Gasteiger partial charge in [0.15, 0.2) is 0 Å². The van der Waals surface area contributed by atoms with Crippen LogP contribution in [0.15, 0.2) is 29.2 Å². The van der Waals surface area contributed by atoms with Gasteiger partial charge in [-0.2, -0.15) is 0 Å². The van der Waals surface area contributed by atoms with Crippen LogP contribution in [-0.4, -0.2) is 23.6 Å². The smallest absolute Gasteiger partial charge is 0.252 e. The van der Waals surface area contributed by atoms with Crippen molar-refractivity contribution in [1.82, 2.24) is 5.32 Å². The largest absolute Gasteiger partial charge is 0.369 e. The molecule has 2 rings (SSSR count). The van der Waals surface area contributed by atoms with Gasteiger partial charge >= 0.3 is 0 Å². The van der Waals surface area contributed by atoms with Gasteiger partial charge in [0.25, 0.3) is 5.91 Å². The van der Waals surface area contributed by atoms with Crippen LogP contribution >= 0.6 is 11.8 Å². The molecule has 1 atom stereocenters. The van der Waals surface area contributed by atoms with E-state index in [9.17, 15) is 9.59 Å². The SMILES string of the molecule is C[C@@H](Sc1ccccc1C(=O)NCCC1(C)CC1)C(N)=O. The van der Waals surface area contributed by atoms with Crippen LogP contribution in [0, 0.1) is 5.41 Å². The lowest BCUT2D eigenvalue weighted by atomic mass is 10.1. The maximum atomic E-state index is 12.3. The zero-order valence-electron chi connectivity index (χ0n) is 12.5. The summed E-state index contributed by atoms with van der Waals surface area (Å²) in [7, 11) is 0. The zero-order valence-corrected chi connectivity index (χ0v) is 13.3. The number of thioether (sulfide) groups is 1. The van der Waals surface area contributed by atoms with Crippen LogP contribution in [0.1, 0.15) is 43.5 Å². The average Bonchev–Trinajstić information content (AvgIpc) is 3.17. The molecule has 1 aliphatic rings. The monoisotopic (exact) mass is 306 g/mol. The molecule has 3 N–H and O–H groups in total. The molecule has 1 aliphatic carbocycles. The molecule has 2 amide bonds. The predicted octanol–water partition coefficient (Wildman–Crippen LogP) is 2.57. The van der Waals surface area contributed by atoms with Crippen molar-refractivity contribution in [3.05, 3.63) is 29.8 Å². The van der Waals surface area contributed by atoms with Gasteiger partial charge in [0, 0.05) is 11.4 Å². The molecule has 0 unspecified atom stereocenters. The summed E-state index contributed by atoms with van der Waals surface area (Å²) in [4.78, 5) is 24.2. The normalized spacial score (nSPS) is 17.0. The van der Waals surface area contributed by atoms with E-state index in [1.165, 1.54) is 24.6 Å². The standard InChI is InChI=1S/C16H22N2O2S/c1-11(14(17)19)21-13-6-4-3-5-12(13)15(20)18-10-9-16(2)7-8-16/h3-6,11H,7-10H2,1-2H3,(H2,17,19)(H,18,20)/t11-/m1/s1. The summed E-state index contributed by atoms with van der Waals surface area (Å²) in [6.07, 6.45) is 3.53. The van der Waals surface area contributed by atoms with Crippen molar-refractivity contribution in [2.75, 3.05) is 6.54 Å². The van der Waals surface area contributed by atoms with Crippen LogP contribution in [0.3, 0.4) is 0 Å². The minimum atomic E-state index is -0.378. The summed E-state index contributed by atoms with van der Waals surface area (Å²) < 4.78 is 0. The molecule has 4 nitrogen and oxygen atoms in total. The minimum absolute atomic E-state index is 0.0842. The first-order valence-electron chi connectivity index (χ1n) is 7.24. The third-order valence-corrected chi connectivity index (χ3v) is 5.15. The van der Waals surface area contributed by atoms with Crippen molar-refractivity contribution in [2.45, 2.75) is 43.3 Å². The van der Waals surface area contributed by atoms with E-state index in [4.69, 9.17) is 5.73 Å². The van der Waals surface area contributed by atoms with E-state index in [0.29, 0.717) is 17.5 Å². The molecule has 0 spiro atoms. The van der Waals surface area contributed by atoms with Gasteiger partial charge in [0.1, 0.15) is 0 Å². The maximum Gasteiger partial charge on any atom is 0.252 e. The summed E-state index contributed by atoms with van der Waals surface area (Å²) in [5.41, 5.74) is 6.33. The number of nitrogens with two attached hydrogens (primary N) is 1. The highest BCUT2D eigenvalue weighted by atomic mass is 32.2. The molecule has 0 aliphatic heterocycles. The summed E-state index contributed by atoms with van der Waals surface area (Å²) >= 11 is 1.32. The van der Waals surface area contributed by atoms with Gasteiger partial charge in [-0.3, -0.25) is 9.59 Å². The zero-order chi connectivity index (χ0) is 15.5. The van der Waals surface area contributed by atoms with Crippen LogP contribution in [0.2, 0.25) is 0 Å². The van der Waals surface area contributed by atoms with Crippen LogP contribution in [0.5, 0.6) is 0 Å². The van der Waals surface area contributed by atoms with E-state index in [1.54, 1.807) is 13.0 Å². The van der Waals surface area contributed by atoms with Gasteiger partial charge in [-0.15, -0.1) is 11.8 Å². The number of hydrogen-bond acceptors (Lipinski definition) is 3. The maximum absolute atomic E-state index is 12.3. The lowest BCUT2D eigenvalue weighted by molar-refractivity contribution is -0.117. The predicted molar refractivity (Wildman–Crippen MR) is 85.2 cm³/mol. The highest BCUT2D eigenvalue weighted by Crippen LogP contribution is 2.47. The van der Waals surface area contributed by atoms with E-state index >= 15 is 0 Å². The van der Waals surface area contributed by atoms with Gasteiger partial charge < -0.3 is 11.1 Å². The first-order chi connectivity index (χ1) is 9.91. The molecule has 0 aromatic heterocycles. The van der Waals surface area contributed by atoms with Crippen molar-refractivity contribution in [1.29, 1.82) is 0 Å². The van der Waals surface area contributed by atoms with Crippen molar-refractivity contribution >= 4 is 23.6 Å². The number of rotatable bonds is 7. The number of benzene rings is 1. The molecule has 21 heavy (non-hydrogen) atoms. The molecule has 5 heteroatoms. The molecule has 0 saturated heterocycles. The number of hydrogen-bond donors (Lipinski definition) is 2. The van der Waals surface area contributed by atoms with Crippen molar-refractivity contribution in [2.24, 2.45) is 11.1 Å². The van der Waals surface area contributed by atoms with Gasteiger partial charge in [0.05, 0.1) is 10.8 Å². The summed E-state index contributed by atoms with van der Waals surface area (Å²) in [6, 6.07) is 7.32. The molecule has 0 radical (unpaired) electrons. The molecule has 1 aromatic rings. The molecule has 0 heterocycles. The second kappa shape index (κ2) is 6.52. The van der Waals surface area contributed by atoms with Crippen LogP contribution < -0.4 is 11.1 Å². The fourth-order valence-electron chi connectivity index (χ4n) is 2.04. The molecular weight excluding hydrogens is 284 g/mol. The Morgan fingerprint density at radius 1 is 1.38 bits per heavy atom. The summed E-state index contributed by atoms with van der Waals surface area (Å²) in [6.45, 7) is 4.69. The lowest BCUT2D eigenvalue weighted by Gasteiger charge is -2.13. The van der Waals surface area contributed by atoms with Gasteiger partial charge in [0.2, 0.25) is 5.91 Å². The summed E-state index contributed by atoms with van der Waals surface area (Å²) in [5.74, 6) is -0.462.